The van der Waals surface area contributed by atoms with Gasteiger partial charge in [0.05, 0.1) is 12.1 Å². The molecular formula is C12H15N5O2. The molecule has 0 fully saturated rings. The molecule has 0 aromatic carbocycles. The molecule has 0 saturated carbocycles. The minimum atomic E-state index is -0.341. The number of carbonyl (C=O) groups is 1. The van der Waals surface area contributed by atoms with Crippen LogP contribution in [-0.4, -0.2) is 21.0 Å². The van der Waals surface area contributed by atoms with Crippen molar-refractivity contribution in [2.24, 2.45) is 0 Å². The normalized spacial score (nSPS) is 10.7. The van der Waals surface area contributed by atoms with Crippen LogP contribution in [0, 0.1) is 0 Å². The van der Waals surface area contributed by atoms with Gasteiger partial charge in [-0.2, -0.15) is 0 Å². The third kappa shape index (κ3) is 3.06. The molecule has 19 heavy (non-hydrogen) atoms. The quantitative estimate of drug-likeness (QED) is 0.853. The maximum atomic E-state index is 11.9. The van der Waals surface area contributed by atoms with Gasteiger partial charge in [-0.25, -0.2) is 9.97 Å². The number of hydrogen-bond acceptors (Lipinski definition) is 6. The van der Waals surface area contributed by atoms with E-state index in [1.54, 1.807) is 0 Å². The van der Waals surface area contributed by atoms with Crippen LogP contribution in [0.2, 0.25) is 0 Å². The predicted octanol–water partition coefficient (Wildman–Crippen LogP) is 1.10. The molecule has 7 heteroatoms. The molecule has 0 aliphatic rings. The number of nitrogen functional groups attached to an aromatic ring is 1. The molecule has 0 saturated heterocycles. The highest BCUT2D eigenvalue weighted by Gasteiger charge is 2.12. The van der Waals surface area contributed by atoms with Gasteiger partial charge < -0.3 is 15.6 Å². The maximum absolute atomic E-state index is 11.9. The fraction of sp³-hybridized carbons (Fsp3) is 0.333. The van der Waals surface area contributed by atoms with E-state index in [0.717, 1.165) is 5.76 Å². The molecule has 0 aliphatic heterocycles. The van der Waals surface area contributed by atoms with Gasteiger partial charge in [0, 0.05) is 18.2 Å². The van der Waals surface area contributed by atoms with Crippen molar-refractivity contribution in [2.45, 2.75) is 26.3 Å². The summed E-state index contributed by atoms with van der Waals surface area (Å²) in [6.45, 7) is 4.28. The van der Waals surface area contributed by atoms with E-state index >= 15 is 0 Å². The Hall–Kier alpha value is -2.44. The van der Waals surface area contributed by atoms with Crippen LogP contribution >= 0.6 is 0 Å². The van der Waals surface area contributed by atoms with E-state index in [9.17, 15) is 4.79 Å². The Morgan fingerprint density at radius 3 is 2.95 bits per heavy atom. The minimum absolute atomic E-state index is 0.149. The van der Waals surface area contributed by atoms with Crippen LogP contribution in [0.25, 0.3) is 0 Å². The second-order valence-electron chi connectivity index (χ2n) is 4.38. The average molecular weight is 261 g/mol. The number of nitrogens with one attached hydrogen (secondary N) is 1. The summed E-state index contributed by atoms with van der Waals surface area (Å²) in [4.78, 5) is 19.4. The summed E-state index contributed by atoms with van der Waals surface area (Å²) in [5, 5.41) is 6.56. The lowest BCUT2D eigenvalue weighted by molar-refractivity contribution is 0.0950. The number of amides is 1. The van der Waals surface area contributed by atoms with Crippen LogP contribution in [-0.2, 0) is 6.54 Å². The van der Waals surface area contributed by atoms with Gasteiger partial charge in [-0.05, 0) is 0 Å². The second kappa shape index (κ2) is 5.47. The van der Waals surface area contributed by atoms with Crippen molar-refractivity contribution in [1.29, 1.82) is 0 Å². The molecule has 2 heterocycles. The summed E-state index contributed by atoms with van der Waals surface area (Å²) >= 11 is 0. The molecule has 0 unspecified atom stereocenters. The number of rotatable bonds is 4. The van der Waals surface area contributed by atoms with E-state index in [1.165, 1.54) is 12.5 Å². The molecule has 0 radical (unpaired) electrons. The molecule has 7 nitrogen and oxygen atoms in total. The van der Waals surface area contributed by atoms with E-state index in [1.807, 2.05) is 19.9 Å². The highest BCUT2D eigenvalue weighted by Crippen LogP contribution is 2.15. The molecule has 0 aliphatic carbocycles. The zero-order valence-corrected chi connectivity index (χ0v) is 10.8. The average Bonchev–Trinajstić information content (AvgIpc) is 2.85. The van der Waals surface area contributed by atoms with Crippen molar-refractivity contribution in [1.82, 2.24) is 20.4 Å². The van der Waals surface area contributed by atoms with E-state index in [4.69, 9.17) is 10.3 Å². The first-order valence-electron chi connectivity index (χ1n) is 5.87. The fourth-order valence-corrected chi connectivity index (χ4v) is 1.46. The SMILES string of the molecule is CC(C)c1cc(CNC(=O)c2cncnc2N)no1. The third-order valence-electron chi connectivity index (χ3n) is 2.56. The van der Waals surface area contributed by atoms with E-state index in [0.29, 0.717) is 5.69 Å². The van der Waals surface area contributed by atoms with Crippen molar-refractivity contribution in [3.63, 3.8) is 0 Å². The van der Waals surface area contributed by atoms with Gasteiger partial charge in [-0.3, -0.25) is 4.79 Å². The van der Waals surface area contributed by atoms with E-state index in [-0.39, 0.29) is 29.8 Å². The van der Waals surface area contributed by atoms with Crippen LogP contribution in [0.1, 0.15) is 41.6 Å². The van der Waals surface area contributed by atoms with Gasteiger partial charge in [0.1, 0.15) is 23.6 Å². The van der Waals surface area contributed by atoms with Gasteiger partial charge >= 0.3 is 0 Å². The molecular weight excluding hydrogens is 246 g/mol. The largest absolute Gasteiger partial charge is 0.383 e. The highest BCUT2D eigenvalue weighted by molar-refractivity contribution is 5.97. The number of hydrogen-bond donors (Lipinski definition) is 2. The van der Waals surface area contributed by atoms with Crippen LogP contribution in [0.5, 0.6) is 0 Å². The maximum Gasteiger partial charge on any atom is 0.256 e. The second-order valence-corrected chi connectivity index (χ2v) is 4.38. The van der Waals surface area contributed by atoms with Crippen molar-refractivity contribution < 1.29 is 9.32 Å². The lowest BCUT2D eigenvalue weighted by atomic mass is 10.1. The molecule has 2 rings (SSSR count). The lowest BCUT2D eigenvalue weighted by Crippen LogP contribution is -2.24. The number of nitrogens with zero attached hydrogens (tertiary/aromatic N) is 3. The van der Waals surface area contributed by atoms with Gasteiger partial charge in [0.2, 0.25) is 0 Å². The van der Waals surface area contributed by atoms with Crippen LogP contribution in [0.15, 0.2) is 23.1 Å². The van der Waals surface area contributed by atoms with Crippen LogP contribution in [0.4, 0.5) is 5.82 Å². The van der Waals surface area contributed by atoms with E-state index in [2.05, 4.69) is 20.4 Å². The molecule has 3 N–H and O–H groups in total. The Kier molecular flexibility index (Phi) is 3.74. The Balaban J connectivity index is 1.98. The molecule has 0 atom stereocenters. The summed E-state index contributed by atoms with van der Waals surface area (Å²) in [5.41, 5.74) is 6.49. The molecule has 2 aromatic heterocycles. The monoisotopic (exact) mass is 261 g/mol. The number of aromatic nitrogens is 3. The summed E-state index contributed by atoms with van der Waals surface area (Å²) in [6, 6.07) is 1.82. The van der Waals surface area contributed by atoms with Gasteiger partial charge in [-0.15, -0.1) is 0 Å². The summed E-state index contributed by atoms with van der Waals surface area (Å²) in [5.74, 6) is 0.852. The standard InChI is InChI=1S/C12H15N5O2/c1-7(2)10-3-8(17-19-10)4-15-12(18)9-5-14-6-16-11(9)13/h3,5-7H,4H2,1-2H3,(H,15,18)(H2,13,14,16). The Bertz CT molecular complexity index is 579. The summed E-state index contributed by atoms with van der Waals surface area (Å²) in [7, 11) is 0. The Morgan fingerprint density at radius 2 is 2.32 bits per heavy atom. The van der Waals surface area contributed by atoms with Crippen molar-refractivity contribution in [3.05, 3.63) is 35.6 Å². The zero-order valence-electron chi connectivity index (χ0n) is 10.8. The molecule has 0 spiro atoms. The number of nitrogens with two attached hydrogens (primary N) is 1. The number of anilines is 1. The summed E-state index contributed by atoms with van der Waals surface area (Å²) in [6.07, 6.45) is 2.67. The van der Waals surface area contributed by atoms with Crippen LogP contribution in [0.3, 0.4) is 0 Å². The first kappa shape index (κ1) is 13.0. The van der Waals surface area contributed by atoms with Gasteiger partial charge in [0.15, 0.2) is 0 Å². The lowest BCUT2D eigenvalue weighted by Gasteiger charge is -2.03. The van der Waals surface area contributed by atoms with Crippen LogP contribution < -0.4 is 11.1 Å². The van der Waals surface area contributed by atoms with Gasteiger partial charge in [0.25, 0.3) is 5.91 Å². The fourth-order valence-electron chi connectivity index (χ4n) is 1.46. The highest BCUT2D eigenvalue weighted by atomic mass is 16.5. The van der Waals surface area contributed by atoms with Crippen molar-refractivity contribution in [2.75, 3.05) is 5.73 Å². The van der Waals surface area contributed by atoms with Crippen molar-refractivity contribution >= 4 is 11.7 Å². The Labute approximate surface area is 110 Å². The topological polar surface area (TPSA) is 107 Å². The van der Waals surface area contributed by atoms with Gasteiger partial charge in [-0.1, -0.05) is 19.0 Å². The summed E-state index contributed by atoms with van der Waals surface area (Å²) < 4.78 is 5.14. The third-order valence-corrected chi connectivity index (χ3v) is 2.56. The zero-order chi connectivity index (χ0) is 13.8. The number of carbonyl (C=O) groups excluding carboxylic acids is 1. The molecule has 0 bridgehead atoms. The first-order chi connectivity index (χ1) is 9.08. The van der Waals surface area contributed by atoms with Crippen molar-refractivity contribution in [3.8, 4) is 0 Å². The molecule has 2 aromatic rings. The predicted molar refractivity (Wildman–Crippen MR) is 68.2 cm³/mol. The Morgan fingerprint density at radius 1 is 1.53 bits per heavy atom. The molecule has 1 amide bonds. The van der Waals surface area contributed by atoms with E-state index < -0.39 is 0 Å². The minimum Gasteiger partial charge on any atom is -0.383 e. The molecule has 100 valence electrons. The smallest absolute Gasteiger partial charge is 0.256 e. The first-order valence-corrected chi connectivity index (χ1v) is 5.87.